The number of carbonyl (C=O) groups is 1. The van der Waals surface area contributed by atoms with Crippen LogP contribution >= 0.6 is 21.6 Å². The molecule has 1 rings (SSSR count). The number of nitrogens with zero attached hydrogens (tertiary/aromatic N) is 1. The van der Waals surface area contributed by atoms with E-state index in [2.05, 4.69) is 84.3 Å². The summed E-state index contributed by atoms with van der Waals surface area (Å²) in [5.41, 5.74) is 3.98. The fraction of sp³-hybridized carbons (Fsp3) is 0.750. The van der Waals surface area contributed by atoms with Gasteiger partial charge >= 0.3 is 5.97 Å². The molecule has 222 valence electrons. The van der Waals surface area contributed by atoms with E-state index >= 15 is 0 Å². The van der Waals surface area contributed by atoms with E-state index in [9.17, 15) is 4.79 Å². The molecule has 0 aliphatic carbocycles. The highest BCUT2D eigenvalue weighted by Crippen LogP contribution is 2.55. The Kier molecular flexibility index (Phi) is 17.0. The Hall–Kier alpha value is -1.11. The molecule has 38 heavy (non-hydrogen) atoms. The molecule has 0 saturated heterocycles. The van der Waals surface area contributed by atoms with E-state index in [0.29, 0.717) is 12.3 Å². The maximum Gasteiger partial charge on any atom is 0.333 e. The molecule has 1 heterocycles. The maximum atomic E-state index is 12.8. The van der Waals surface area contributed by atoms with Crippen molar-refractivity contribution in [3.8, 4) is 0 Å². The van der Waals surface area contributed by atoms with Crippen molar-refractivity contribution in [2.24, 2.45) is 11.8 Å². The van der Waals surface area contributed by atoms with Gasteiger partial charge in [0.1, 0.15) is 0 Å². The number of hydrogen-bond donors (Lipinski definition) is 0. The lowest BCUT2D eigenvalue weighted by molar-refractivity contribution is -0.136. The highest BCUT2D eigenvalue weighted by atomic mass is 32.3. The lowest BCUT2D eigenvalue weighted by atomic mass is 9.92. The SMILES string of the molecule is CC.COC(=O)/C(CCC[C@H](C)CCC(C)C)=C(\C)CC(OS(C)(C)C(C)(C)C)/C(C)=C/c1csc(C)n1. The van der Waals surface area contributed by atoms with E-state index < -0.39 is 10.3 Å². The van der Waals surface area contributed by atoms with Crippen LogP contribution in [0, 0.1) is 18.8 Å². The third-order valence-electron chi connectivity index (χ3n) is 7.15. The monoisotopic (exact) mass is 569 g/mol. The predicted octanol–water partition coefficient (Wildman–Crippen LogP) is 10.2. The van der Waals surface area contributed by atoms with Crippen molar-refractivity contribution in [2.45, 2.75) is 126 Å². The quantitative estimate of drug-likeness (QED) is 0.165. The van der Waals surface area contributed by atoms with E-state index in [1.165, 1.54) is 20.0 Å². The first kappa shape index (κ1) is 36.9. The van der Waals surface area contributed by atoms with Crippen LogP contribution in [0.3, 0.4) is 0 Å². The van der Waals surface area contributed by atoms with Gasteiger partial charge in [-0.25, -0.2) is 9.78 Å². The number of methoxy groups -OCH3 is 1. The molecule has 0 bridgehead atoms. The summed E-state index contributed by atoms with van der Waals surface area (Å²) in [6.07, 6.45) is 12.5. The Morgan fingerprint density at radius 2 is 1.71 bits per heavy atom. The van der Waals surface area contributed by atoms with Crippen LogP contribution in [0.1, 0.15) is 118 Å². The Labute approximate surface area is 241 Å². The fourth-order valence-electron chi connectivity index (χ4n) is 3.88. The molecule has 0 aliphatic heterocycles. The van der Waals surface area contributed by atoms with Crippen LogP contribution in [-0.2, 0) is 13.7 Å². The van der Waals surface area contributed by atoms with E-state index in [-0.39, 0.29) is 16.8 Å². The molecule has 0 fully saturated rings. The third-order valence-corrected chi connectivity index (χ3v) is 11.6. The number of aryl methyl sites for hydroxylation is 1. The molecule has 1 unspecified atom stereocenters. The van der Waals surface area contributed by atoms with E-state index in [1.807, 2.05) is 20.8 Å². The Morgan fingerprint density at radius 3 is 2.18 bits per heavy atom. The zero-order chi connectivity index (χ0) is 29.7. The number of aromatic nitrogens is 1. The van der Waals surface area contributed by atoms with Gasteiger partial charge in [0.05, 0.1) is 23.9 Å². The molecule has 0 N–H and O–H groups in total. The summed E-state index contributed by atoms with van der Waals surface area (Å²) >= 11 is 1.66. The zero-order valence-electron chi connectivity index (χ0n) is 27.1. The largest absolute Gasteiger partial charge is 0.466 e. The van der Waals surface area contributed by atoms with Gasteiger partial charge in [0, 0.05) is 22.1 Å². The second-order valence-corrected chi connectivity index (χ2v) is 17.0. The Bertz CT molecular complexity index is 891. The molecule has 0 saturated carbocycles. The van der Waals surface area contributed by atoms with E-state index in [0.717, 1.165) is 52.6 Å². The molecular formula is C32H59NO3S2. The van der Waals surface area contributed by atoms with Crippen molar-refractivity contribution >= 4 is 33.7 Å². The van der Waals surface area contributed by atoms with Crippen LogP contribution in [0.2, 0.25) is 0 Å². The van der Waals surface area contributed by atoms with Crippen LogP contribution in [0.15, 0.2) is 22.1 Å². The number of ether oxygens (including phenoxy) is 1. The van der Waals surface area contributed by atoms with Gasteiger partial charge in [0.2, 0.25) is 0 Å². The van der Waals surface area contributed by atoms with Gasteiger partial charge in [-0.05, 0) is 69.6 Å². The van der Waals surface area contributed by atoms with E-state index in [4.69, 9.17) is 8.92 Å². The first-order valence-electron chi connectivity index (χ1n) is 14.4. The summed E-state index contributed by atoms with van der Waals surface area (Å²) in [5.74, 6) is 1.20. The molecule has 2 atom stereocenters. The number of thiazole rings is 1. The van der Waals surface area contributed by atoms with Crippen LogP contribution in [0.25, 0.3) is 6.08 Å². The minimum Gasteiger partial charge on any atom is -0.466 e. The predicted molar refractivity (Wildman–Crippen MR) is 172 cm³/mol. The minimum absolute atomic E-state index is 0.0394. The Morgan fingerprint density at radius 1 is 1.11 bits per heavy atom. The average molecular weight is 570 g/mol. The normalized spacial score (nSPS) is 15.4. The second-order valence-electron chi connectivity index (χ2n) is 12.0. The van der Waals surface area contributed by atoms with Crippen molar-refractivity contribution in [3.05, 3.63) is 32.8 Å². The van der Waals surface area contributed by atoms with Crippen LogP contribution in [-0.4, -0.2) is 41.4 Å². The number of carbonyl (C=O) groups excluding carboxylic acids is 1. The van der Waals surface area contributed by atoms with Crippen molar-refractivity contribution in [2.75, 3.05) is 19.6 Å². The molecule has 1 aromatic rings. The zero-order valence-corrected chi connectivity index (χ0v) is 28.8. The number of esters is 1. The van der Waals surface area contributed by atoms with Gasteiger partial charge in [-0.2, -0.15) is 0 Å². The summed E-state index contributed by atoms with van der Waals surface area (Å²) < 4.78 is 12.1. The van der Waals surface area contributed by atoms with Crippen molar-refractivity contribution in [1.29, 1.82) is 0 Å². The van der Waals surface area contributed by atoms with Crippen LogP contribution in [0.5, 0.6) is 0 Å². The standard InChI is InChI=1S/C30H53NO3S2.C2H6/c1-21(2)16-17-22(3)14-13-15-27(29(32)33-10)23(4)19-28(34-36(11,12)30(7,8)9)24(5)18-26-20-35-25(6)31-26;1-2/h18,20-22,28H,13-17,19H2,1-12H3;1-2H3/b24-18+,27-23+;/t22-,28?;/m0./s1. The highest BCUT2D eigenvalue weighted by Gasteiger charge is 2.32. The fourth-order valence-corrected chi connectivity index (χ4v) is 5.54. The topological polar surface area (TPSA) is 48.4 Å². The number of hydrogen-bond acceptors (Lipinski definition) is 5. The summed E-state index contributed by atoms with van der Waals surface area (Å²) in [7, 11) is 0.118. The highest BCUT2D eigenvalue weighted by molar-refractivity contribution is 8.29. The maximum absolute atomic E-state index is 12.8. The summed E-state index contributed by atoms with van der Waals surface area (Å²) in [6.45, 7) is 23.8. The van der Waals surface area contributed by atoms with Crippen LogP contribution in [0.4, 0.5) is 0 Å². The third kappa shape index (κ3) is 13.3. The van der Waals surface area contributed by atoms with Crippen LogP contribution < -0.4 is 0 Å². The molecule has 0 aliphatic rings. The smallest absolute Gasteiger partial charge is 0.333 e. The molecule has 1 aromatic heterocycles. The number of rotatable bonds is 14. The summed E-state index contributed by atoms with van der Waals surface area (Å²) in [5, 5.41) is 3.14. The average Bonchev–Trinajstić information content (AvgIpc) is 3.24. The van der Waals surface area contributed by atoms with Gasteiger partial charge in [-0.15, -0.1) is 21.6 Å². The van der Waals surface area contributed by atoms with Gasteiger partial charge in [-0.1, -0.05) is 80.2 Å². The molecule has 4 nitrogen and oxygen atoms in total. The molecular weight excluding hydrogens is 510 g/mol. The van der Waals surface area contributed by atoms with Gasteiger partial charge in [-0.3, -0.25) is 0 Å². The van der Waals surface area contributed by atoms with E-state index in [1.54, 1.807) is 11.3 Å². The Balaban J connectivity index is 0.00000667. The van der Waals surface area contributed by atoms with Gasteiger partial charge in [0.15, 0.2) is 0 Å². The van der Waals surface area contributed by atoms with Crippen molar-refractivity contribution in [3.63, 3.8) is 0 Å². The first-order chi connectivity index (χ1) is 17.6. The molecule has 0 radical (unpaired) electrons. The molecule has 0 spiro atoms. The van der Waals surface area contributed by atoms with Gasteiger partial charge in [0.25, 0.3) is 0 Å². The van der Waals surface area contributed by atoms with Crippen molar-refractivity contribution < 1.29 is 13.7 Å². The molecule has 0 aromatic carbocycles. The van der Waals surface area contributed by atoms with Gasteiger partial charge < -0.3 is 8.92 Å². The molecule has 6 heteroatoms. The lowest BCUT2D eigenvalue weighted by Crippen LogP contribution is -2.29. The lowest BCUT2D eigenvalue weighted by Gasteiger charge is -2.46. The first-order valence-corrected chi connectivity index (χ1v) is 17.6. The second kappa shape index (κ2) is 17.6. The minimum atomic E-state index is -1.37. The summed E-state index contributed by atoms with van der Waals surface area (Å²) in [4.78, 5) is 17.4. The molecule has 0 amide bonds. The summed E-state index contributed by atoms with van der Waals surface area (Å²) in [6, 6.07) is 0. The van der Waals surface area contributed by atoms with Crippen molar-refractivity contribution in [1.82, 2.24) is 4.98 Å².